The molecule has 1 aromatic heterocycles. The van der Waals surface area contributed by atoms with Crippen LogP contribution in [0.25, 0.3) is 0 Å². The number of carboxylic acids is 1. The molecule has 1 heterocycles. The number of nitrogens with zero attached hydrogens (tertiary/aromatic N) is 1. The van der Waals surface area contributed by atoms with Crippen molar-refractivity contribution in [2.75, 3.05) is 18.5 Å². The lowest BCUT2D eigenvalue weighted by Gasteiger charge is -2.08. The lowest BCUT2D eigenvalue weighted by atomic mass is 10.2. The van der Waals surface area contributed by atoms with E-state index in [0.717, 1.165) is 0 Å². The Labute approximate surface area is 91.1 Å². The van der Waals surface area contributed by atoms with Gasteiger partial charge in [0.1, 0.15) is 12.5 Å². The summed E-state index contributed by atoms with van der Waals surface area (Å²) >= 11 is 5.77. The van der Waals surface area contributed by atoms with Gasteiger partial charge >= 0.3 is 5.97 Å². The summed E-state index contributed by atoms with van der Waals surface area (Å²) < 4.78 is 11.9. The Kier molecular flexibility index (Phi) is 3.85. The smallest absolute Gasteiger partial charge is 0.337 e. The van der Waals surface area contributed by atoms with Gasteiger partial charge in [-0.15, -0.1) is 0 Å². The molecule has 0 aliphatic heterocycles. The zero-order valence-electron chi connectivity index (χ0n) is 8.05. The van der Waals surface area contributed by atoms with Crippen LogP contribution in [0.15, 0.2) is 6.07 Å². The summed E-state index contributed by atoms with van der Waals surface area (Å²) in [5.41, 5.74) is 0.388. The fraction of sp³-hybridized carbons (Fsp3) is 0.333. The highest BCUT2D eigenvalue weighted by Crippen LogP contribution is 2.22. The maximum atomic E-state index is 11.9. The summed E-state index contributed by atoms with van der Waals surface area (Å²) in [4.78, 5) is 14.7. The molecule has 82 valence electrons. The number of nitrogens with one attached hydrogen (secondary N) is 1. The van der Waals surface area contributed by atoms with Crippen molar-refractivity contribution in [1.29, 1.82) is 0 Å². The van der Waals surface area contributed by atoms with Gasteiger partial charge in [-0.3, -0.25) is 0 Å². The van der Waals surface area contributed by atoms with Crippen LogP contribution in [-0.2, 0) is 0 Å². The van der Waals surface area contributed by atoms with Gasteiger partial charge in [0.2, 0.25) is 0 Å². The third-order valence-electron chi connectivity index (χ3n) is 1.78. The van der Waals surface area contributed by atoms with E-state index in [2.05, 4.69) is 10.3 Å². The van der Waals surface area contributed by atoms with Crippen LogP contribution < -0.4 is 5.32 Å². The summed E-state index contributed by atoms with van der Waals surface area (Å²) in [6.45, 7) is 1.11. The number of halogens is 2. The van der Waals surface area contributed by atoms with Crippen LogP contribution in [0.2, 0.25) is 5.02 Å². The zero-order chi connectivity index (χ0) is 11.4. The van der Waals surface area contributed by atoms with E-state index in [0.29, 0.717) is 11.5 Å². The van der Waals surface area contributed by atoms with Gasteiger partial charge in [-0.25, -0.2) is 14.2 Å². The molecule has 0 aliphatic carbocycles. The Morgan fingerprint density at radius 3 is 2.93 bits per heavy atom. The standard InChI is InChI=1S/C9H10ClFN2O2/c1-5-6(9(14)15)4-7(10)8(13-5)12-3-2-11/h4H,2-3H2,1H3,(H,12,13)(H,14,15). The summed E-state index contributed by atoms with van der Waals surface area (Å²) in [7, 11) is 0. The van der Waals surface area contributed by atoms with Crippen molar-refractivity contribution < 1.29 is 14.3 Å². The number of hydrogen-bond acceptors (Lipinski definition) is 3. The number of alkyl halides is 1. The number of aromatic carboxylic acids is 1. The van der Waals surface area contributed by atoms with Crippen molar-refractivity contribution in [2.24, 2.45) is 0 Å². The number of carbonyl (C=O) groups is 1. The maximum absolute atomic E-state index is 11.9. The van der Waals surface area contributed by atoms with Crippen molar-refractivity contribution in [1.82, 2.24) is 4.98 Å². The SMILES string of the molecule is Cc1nc(NCCF)c(Cl)cc1C(=O)O. The predicted octanol–water partition coefficient (Wildman–Crippen LogP) is 2.12. The van der Waals surface area contributed by atoms with Crippen molar-refractivity contribution in [2.45, 2.75) is 6.92 Å². The minimum atomic E-state index is -1.08. The van der Waals surface area contributed by atoms with E-state index in [-0.39, 0.29) is 17.1 Å². The second kappa shape index (κ2) is 4.93. The highest BCUT2D eigenvalue weighted by molar-refractivity contribution is 6.33. The van der Waals surface area contributed by atoms with Crippen molar-refractivity contribution in [3.05, 3.63) is 22.3 Å². The molecule has 0 fully saturated rings. The highest BCUT2D eigenvalue weighted by atomic mass is 35.5. The summed E-state index contributed by atoms with van der Waals surface area (Å²) in [5.74, 6) is -0.782. The number of carboxylic acid groups (broad SMARTS) is 1. The summed E-state index contributed by atoms with van der Waals surface area (Å²) in [5, 5.41) is 11.6. The van der Waals surface area contributed by atoms with E-state index in [1.165, 1.54) is 6.07 Å². The van der Waals surface area contributed by atoms with Crippen LogP contribution in [0.4, 0.5) is 10.2 Å². The molecule has 6 heteroatoms. The van der Waals surface area contributed by atoms with Gasteiger partial charge in [0.25, 0.3) is 0 Å². The second-order valence-electron chi connectivity index (χ2n) is 2.87. The molecule has 1 aromatic rings. The van der Waals surface area contributed by atoms with Crippen LogP contribution >= 0.6 is 11.6 Å². The summed E-state index contributed by atoms with van der Waals surface area (Å²) in [6, 6.07) is 1.30. The lowest BCUT2D eigenvalue weighted by Crippen LogP contribution is -2.09. The predicted molar refractivity (Wildman–Crippen MR) is 55.4 cm³/mol. The van der Waals surface area contributed by atoms with Crippen LogP contribution in [0.1, 0.15) is 16.1 Å². The molecule has 2 N–H and O–H groups in total. The topological polar surface area (TPSA) is 62.2 Å². The average Bonchev–Trinajstić information content (AvgIpc) is 2.18. The Balaban J connectivity index is 3.02. The van der Waals surface area contributed by atoms with E-state index < -0.39 is 12.6 Å². The molecule has 4 nitrogen and oxygen atoms in total. The molecule has 0 aromatic carbocycles. The molecule has 0 unspecified atom stereocenters. The van der Waals surface area contributed by atoms with Gasteiger partial charge in [-0.2, -0.15) is 0 Å². The molecule has 0 aliphatic rings. The normalized spacial score (nSPS) is 10.1. The lowest BCUT2D eigenvalue weighted by molar-refractivity contribution is 0.0695. The minimum Gasteiger partial charge on any atom is -0.478 e. The largest absolute Gasteiger partial charge is 0.478 e. The second-order valence-corrected chi connectivity index (χ2v) is 3.28. The van der Waals surface area contributed by atoms with Crippen molar-refractivity contribution in [3.8, 4) is 0 Å². The van der Waals surface area contributed by atoms with Crippen LogP contribution in [0.5, 0.6) is 0 Å². The Bertz CT molecular complexity index is 385. The molecule has 0 amide bonds. The Morgan fingerprint density at radius 2 is 2.40 bits per heavy atom. The molecule has 15 heavy (non-hydrogen) atoms. The molecule has 0 atom stereocenters. The zero-order valence-corrected chi connectivity index (χ0v) is 8.81. The Morgan fingerprint density at radius 1 is 1.73 bits per heavy atom. The van der Waals surface area contributed by atoms with Gasteiger partial charge in [0, 0.05) is 6.54 Å². The van der Waals surface area contributed by atoms with Gasteiger partial charge in [0.15, 0.2) is 0 Å². The fourth-order valence-corrected chi connectivity index (χ4v) is 1.31. The van der Waals surface area contributed by atoms with Crippen LogP contribution in [-0.4, -0.2) is 29.3 Å². The van der Waals surface area contributed by atoms with E-state index >= 15 is 0 Å². The third kappa shape index (κ3) is 2.79. The van der Waals surface area contributed by atoms with Gasteiger partial charge in [-0.05, 0) is 13.0 Å². The molecule has 0 saturated heterocycles. The molecular formula is C9H10ClFN2O2. The summed E-state index contributed by atoms with van der Waals surface area (Å²) in [6.07, 6.45) is 0. The highest BCUT2D eigenvalue weighted by Gasteiger charge is 2.12. The quantitative estimate of drug-likeness (QED) is 0.835. The minimum absolute atomic E-state index is 0.0470. The monoisotopic (exact) mass is 232 g/mol. The molecule has 0 saturated carbocycles. The van der Waals surface area contributed by atoms with Crippen molar-refractivity contribution in [3.63, 3.8) is 0 Å². The van der Waals surface area contributed by atoms with Gasteiger partial charge in [-0.1, -0.05) is 11.6 Å². The first kappa shape index (κ1) is 11.7. The number of rotatable bonds is 4. The molecular weight excluding hydrogens is 223 g/mol. The van der Waals surface area contributed by atoms with E-state index in [4.69, 9.17) is 16.7 Å². The van der Waals surface area contributed by atoms with Crippen molar-refractivity contribution >= 4 is 23.4 Å². The maximum Gasteiger partial charge on any atom is 0.337 e. The van der Waals surface area contributed by atoms with E-state index in [1.807, 2.05) is 0 Å². The average molecular weight is 233 g/mol. The Hall–Kier alpha value is -1.36. The fourth-order valence-electron chi connectivity index (χ4n) is 1.09. The number of aryl methyl sites for hydroxylation is 1. The van der Waals surface area contributed by atoms with Gasteiger partial charge in [0.05, 0.1) is 16.3 Å². The molecule has 0 spiro atoms. The number of hydrogen-bond donors (Lipinski definition) is 2. The number of aromatic nitrogens is 1. The number of pyridine rings is 1. The van der Waals surface area contributed by atoms with Crippen LogP contribution in [0, 0.1) is 6.92 Å². The number of anilines is 1. The van der Waals surface area contributed by atoms with Gasteiger partial charge < -0.3 is 10.4 Å². The van der Waals surface area contributed by atoms with E-state index in [1.54, 1.807) is 6.92 Å². The molecule has 0 radical (unpaired) electrons. The first-order valence-electron chi connectivity index (χ1n) is 4.26. The molecule has 0 bridgehead atoms. The van der Waals surface area contributed by atoms with E-state index in [9.17, 15) is 9.18 Å². The van der Waals surface area contributed by atoms with Crippen LogP contribution in [0.3, 0.4) is 0 Å². The molecule has 1 rings (SSSR count). The first-order chi connectivity index (χ1) is 7.06. The third-order valence-corrected chi connectivity index (χ3v) is 2.07. The first-order valence-corrected chi connectivity index (χ1v) is 4.64.